The Kier molecular flexibility index (Phi) is 1.77. The molecule has 0 amide bonds. The molecule has 2 nitrogen and oxygen atoms in total. The van der Waals surface area contributed by atoms with Gasteiger partial charge in [-0.3, -0.25) is 0 Å². The summed E-state index contributed by atoms with van der Waals surface area (Å²) < 4.78 is 3.19. The largest absolute Gasteiger partial charge is 0.235 e. The van der Waals surface area contributed by atoms with Crippen molar-refractivity contribution in [2.45, 2.75) is 6.54 Å². The van der Waals surface area contributed by atoms with Gasteiger partial charge in [-0.1, -0.05) is 23.5 Å². The Morgan fingerprint density at radius 2 is 2.25 bits per heavy atom. The van der Waals surface area contributed by atoms with Gasteiger partial charge in [0.2, 0.25) is 17.6 Å². The molecular weight excluding hydrogens is 168 g/mol. The Labute approximate surface area is 74.3 Å². The molecule has 0 radical (unpaired) electrons. The number of rotatable bonds is 1. The molecule has 3 heteroatoms. The maximum Gasteiger partial charge on any atom is 0.235 e. The van der Waals surface area contributed by atoms with E-state index in [0.717, 1.165) is 5.52 Å². The van der Waals surface area contributed by atoms with Gasteiger partial charge in [0, 0.05) is 6.07 Å². The normalized spacial score (nSPS) is 9.92. The van der Waals surface area contributed by atoms with Crippen LogP contribution in [0.25, 0.3) is 10.2 Å². The molecule has 0 saturated carbocycles. The van der Waals surface area contributed by atoms with Gasteiger partial charge in [-0.25, -0.2) is 0 Å². The standard InChI is InChI=1S/C9H7N2S/c10-5-6-11-7-12-9-4-2-1-3-8(9)11/h1-4,7H,6H2/q+1. The smallest absolute Gasteiger partial charge is 0.191 e. The van der Waals surface area contributed by atoms with E-state index in [0.29, 0.717) is 6.54 Å². The van der Waals surface area contributed by atoms with Gasteiger partial charge in [0.25, 0.3) is 0 Å². The fraction of sp³-hybridized carbons (Fsp3) is 0.111. The van der Waals surface area contributed by atoms with E-state index >= 15 is 0 Å². The van der Waals surface area contributed by atoms with E-state index in [1.165, 1.54) is 4.70 Å². The van der Waals surface area contributed by atoms with Gasteiger partial charge in [0.15, 0.2) is 0 Å². The Bertz CT molecular complexity index is 439. The van der Waals surface area contributed by atoms with Crippen molar-refractivity contribution in [2.75, 3.05) is 0 Å². The van der Waals surface area contributed by atoms with Crippen LogP contribution in [0.5, 0.6) is 0 Å². The van der Waals surface area contributed by atoms with Crippen LogP contribution in [0.4, 0.5) is 0 Å². The van der Waals surface area contributed by atoms with Gasteiger partial charge in [0.1, 0.15) is 10.8 Å². The molecule has 0 spiro atoms. The molecule has 1 aromatic heterocycles. The van der Waals surface area contributed by atoms with Crippen molar-refractivity contribution in [2.24, 2.45) is 0 Å². The number of thiazole rings is 1. The molecule has 0 aliphatic heterocycles. The lowest BCUT2D eigenvalue weighted by Crippen LogP contribution is -2.30. The molecular formula is C9H7N2S+. The van der Waals surface area contributed by atoms with Crippen molar-refractivity contribution in [1.82, 2.24) is 0 Å². The van der Waals surface area contributed by atoms with Crippen LogP contribution in [-0.2, 0) is 6.54 Å². The summed E-state index contributed by atoms with van der Waals surface area (Å²) in [5.41, 5.74) is 3.12. The second-order valence-corrected chi connectivity index (χ2v) is 3.36. The van der Waals surface area contributed by atoms with Crippen LogP contribution in [0.15, 0.2) is 29.8 Å². The number of hydrogen-bond acceptors (Lipinski definition) is 2. The highest BCUT2D eigenvalue weighted by Crippen LogP contribution is 2.14. The highest BCUT2D eigenvalue weighted by molar-refractivity contribution is 7.16. The second kappa shape index (κ2) is 2.92. The molecule has 2 aromatic rings. The molecule has 0 unspecified atom stereocenters. The summed E-state index contributed by atoms with van der Waals surface area (Å²) in [5.74, 6) is 0. The first-order chi connectivity index (χ1) is 5.92. The molecule has 0 bridgehead atoms. The maximum atomic E-state index is 8.53. The predicted molar refractivity (Wildman–Crippen MR) is 47.6 cm³/mol. The third kappa shape index (κ3) is 1.06. The highest BCUT2D eigenvalue weighted by atomic mass is 32.1. The van der Waals surface area contributed by atoms with E-state index < -0.39 is 0 Å². The van der Waals surface area contributed by atoms with E-state index in [1.54, 1.807) is 11.3 Å². The van der Waals surface area contributed by atoms with Crippen molar-refractivity contribution in [3.8, 4) is 6.07 Å². The highest BCUT2D eigenvalue weighted by Gasteiger charge is 2.08. The molecule has 1 heterocycles. The SMILES string of the molecule is N#CC[n+]1csc2ccccc21. The predicted octanol–water partition coefficient (Wildman–Crippen LogP) is 1.71. The molecule has 12 heavy (non-hydrogen) atoms. The van der Waals surface area contributed by atoms with Crippen LogP contribution >= 0.6 is 11.3 Å². The van der Waals surface area contributed by atoms with Crippen molar-refractivity contribution < 1.29 is 4.57 Å². The lowest BCUT2D eigenvalue weighted by molar-refractivity contribution is -0.654. The molecule has 0 N–H and O–H groups in total. The van der Waals surface area contributed by atoms with Crippen LogP contribution in [0.1, 0.15) is 0 Å². The molecule has 0 fully saturated rings. The van der Waals surface area contributed by atoms with Crippen LogP contribution in [0, 0.1) is 11.3 Å². The van der Waals surface area contributed by atoms with Gasteiger partial charge in [-0.2, -0.15) is 9.83 Å². The van der Waals surface area contributed by atoms with E-state index in [4.69, 9.17) is 5.26 Å². The summed E-state index contributed by atoms with van der Waals surface area (Å²) in [6.45, 7) is 0.435. The van der Waals surface area contributed by atoms with Crippen molar-refractivity contribution in [1.29, 1.82) is 5.26 Å². The number of nitrogens with zero attached hydrogens (tertiary/aromatic N) is 2. The number of para-hydroxylation sites is 1. The number of nitriles is 1. The zero-order valence-corrected chi connectivity index (χ0v) is 7.21. The third-order valence-corrected chi connectivity index (χ3v) is 2.68. The number of hydrogen-bond donors (Lipinski definition) is 0. The molecule has 2 rings (SSSR count). The average Bonchev–Trinajstić information content (AvgIpc) is 2.50. The lowest BCUT2D eigenvalue weighted by Gasteiger charge is -1.84. The Morgan fingerprint density at radius 1 is 1.42 bits per heavy atom. The number of aromatic nitrogens is 1. The summed E-state index contributed by atoms with van der Waals surface area (Å²) in [7, 11) is 0. The number of fused-ring (bicyclic) bond motifs is 1. The van der Waals surface area contributed by atoms with Crippen molar-refractivity contribution >= 4 is 21.6 Å². The summed E-state index contributed by atoms with van der Waals surface area (Å²) in [6.07, 6.45) is 0. The van der Waals surface area contributed by atoms with Crippen LogP contribution in [0.2, 0.25) is 0 Å². The summed E-state index contributed by atoms with van der Waals surface area (Å²) >= 11 is 1.67. The van der Waals surface area contributed by atoms with E-state index in [1.807, 2.05) is 28.3 Å². The van der Waals surface area contributed by atoms with Crippen LogP contribution < -0.4 is 4.57 Å². The second-order valence-electron chi connectivity index (χ2n) is 2.48. The third-order valence-electron chi connectivity index (χ3n) is 1.72. The molecule has 58 valence electrons. The maximum absolute atomic E-state index is 8.53. The van der Waals surface area contributed by atoms with Crippen molar-refractivity contribution in [3.63, 3.8) is 0 Å². The molecule has 0 atom stereocenters. The average molecular weight is 175 g/mol. The molecule has 0 aliphatic carbocycles. The summed E-state index contributed by atoms with van der Waals surface area (Å²) in [5, 5.41) is 8.53. The van der Waals surface area contributed by atoms with Gasteiger partial charge in [-0.05, 0) is 6.07 Å². The van der Waals surface area contributed by atoms with E-state index in [9.17, 15) is 0 Å². The summed E-state index contributed by atoms with van der Waals surface area (Å²) in [6, 6.07) is 10.2. The molecule has 0 aliphatic rings. The van der Waals surface area contributed by atoms with Crippen LogP contribution in [0.3, 0.4) is 0 Å². The minimum atomic E-state index is 0.435. The molecule has 1 aromatic carbocycles. The van der Waals surface area contributed by atoms with E-state index in [2.05, 4.69) is 12.1 Å². The topological polar surface area (TPSA) is 27.7 Å². The fourth-order valence-electron chi connectivity index (χ4n) is 1.17. The molecule has 0 saturated heterocycles. The van der Waals surface area contributed by atoms with E-state index in [-0.39, 0.29) is 0 Å². The first-order valence-corrected chi connectivity index (χ1v) is 4.52. The van der Waals surface area contributed by atoms with Gasteiger partial charge in [0.05, 0.1) is 0 Å². The van der Waals surface area contributed by atoms with Crippen molar-refractivity contribution in [3.05, 3.63) is 29.8 Å². The lowest BCUT2D eigenvalue weighted by atomic mass is 10.3. The first kappa shape index (κ1) is 7.26. The van der Waals surface area contributed by atoms with Gasteiger partial charge < -0.3 is 0 Å². The van der Waals surface area contributed by atoms with Crippen LogP contribution in [-0.4, -0.2) is 0 Å². The Hall–Kier alpha value is -1.40. The zero-order valence-electron chi connectivity index (χ0n) is 6.40. The minimum absolute atomic E-state index is 0.435. The Morgan fingerprint density at radius 3 is 3.08 bits per heavy atom. The minimum Gasteiger partial charge on any atom is -0.191 e. The Balaban J connectivity index is 2.64. The van der Waals surface area contributed by atoms with Gasteiger partial charge >= 0.3 is 0 Å². The first-order valence-electron chi connectivity index (χ1n) is 3.64. The monoisotopic (exact) mass is 175 g/mol. The van der Waals surface area contributed by atoms with Gasteiger partial charge in [-0.15, -0.1) is 0 Å². The zero-order chi connectivity index (χ0) is 8.39. The number of benzene rings is 1. The quantitative estimate of drug-likeness (QED) is 0.606. The summed E-state index contributed by atoms with van der Waals surface area (Å²) in [4.78, 5) is 0. The fourth-order valence-corrected chi connectivity index (χ4v) is 2.06.